The highest BCUT2D eigenvalue weighted by molar-refractivity contribution is 7.14. The van der Waals surface area contributed by atoms with Crippen LogP contribution in [0.5, 0.6) is 0 Å². The van der Waals surface area contributed by atoms with Crippen LogP contribution in [0.3, 0.4) is 0 Å². The Balaban J connectivity index is 1.68. The highest BCUT2D eigenvalue weighted by atomic mass is 32.1. The van der Waals surface area contributed by atoms with Crippen molar-refractivity contribution in [2.75, 3.05) is 17.2 Å². The lowest BCUT2D eigenvalue weighted by molar-refractivity contribution is -0.116. The molecule has 0 aliphatic carbocycles. The average Bonchev–Trinajstić information content (AvgIpc) is 3.06. The maximum atomic E-state index is 12.2. The van der Waals surface area contributed by atoms with Crippen molar-refractivity contribution in [2.24, 2.45) is 5.73 Å². The molecule has 21 heavy (non-hydrogen) atoms. The lowest BCUT2D eigenvalue weighted by Gasteiger charge is -2.10. The summed E-state index contributed by atoms with van der Waals surface area (Å²) >= 11 is 1.30. The summed E-state index contributed by atoms with van der Waals surface area (Å²) < 4.78 is 0. The molecule has 1 aliphatic heterocycles. The number of amides is 2. The fourth-order valence-corrected chi connectivity index (χ4v) is 3.35. The average molecular weight is 301 g/mol. The third kappa shape index (κ3) is 2.75. The van der Waals surface area contributed by atoms with E-state index in [0.29, 0.717) is 17.0 Å². The van der Waals surface area contributed by atoms with Gasteiger partial charge in [0.2, 0.25) is 5.91 Å². The molecule has 0 spiro atoms. The lowest BCUT2D eigenvalue weighted by atomic mass is 9.97. The fourth-order valence-electron chi connectivity index (χ4n) is 2.54. The first-order valence-corrected chi connectivity index (χ1v) is 7.53. The number of para-hydroxylation sites is 1. The topological polar surface area (TPSA) is 84.2 Å². The smallest absolute Gasteiger partial charge is 0.251 e. The summed E-state index contributed by atoms with van der Waals surface area (Å²) in [6.45, 7) is 0.750. The highest BCUT2D eigenvalue weighted by Gasteiger charge is 2.24. The predicted molar refractivity (Wildman–Crippen MR) is 83.8 cm³/mol. The van der Waals surface area contributed by atoms with Crippen LogP contribution in [0.4, 0.5) is 10.7 Å². The lowest BCUT2D eigenvalue weighted by Crippen LogP contribution is -2.19. The van der Waals surface area contributed by atoms with Crippen molar-refractivity contribution in [3.8, 4) is 0 Å². The van der Waals surface area contributed by atoms with Crippen LogP contribution in [0.1, 0.15) is 28.3 Å². The van der Waals surface area contributed by atoms with Crippen LogP contribution in [0.2, 0.25) is 0 Å². The van der Waals surface area contributed by atoms with Crippen LogP contribution in [-0.4, -0.2) is 18.4 Å². The van der Waals surface area contributed by atoms with Crippen LogP contribution >= 0.6 is 11.3 Å². The number of nitrogens with two attached hydrogens (primary N) is 1. The third-order valence-electron chi connectivity index (χ3n) is 3.55. The normalized spacial score (nSPS) is 16.1. The molecule has 2 aromatic rings. The van der Waals surface area contributed by atoms with E-state index < -0.39 is 5.91 Å². The van der Waals surface area contributed by atoms with E-state index in [4.69, 9.17) is 5.73 Å². The van der Waals surface area contributed by atoms with Gasteiger partial charge >= 0.3 is 0 Å². The molecule has 0 bridgehead atoms. The Hall–Kier alpha value is -2.34. The van der Waals surface area contributed by atoms with E-state index in [1.807, 2.05) is 24.3 Å². The van der Waals surface area contributed by atoms with Crippen molar-refractivity contribution in [3.05, 3.63) is 46.8 Å². The standard InChI is InChI=1S/C15H15N3O2S/c16-14(20)11-5-6-21-15(11)18-13(19)7-9-8-17-12-4-2-1-3-10(9)12/h1-6,9,17H,7-8H2,(H2,16,20)(H,18,19). The molecule has 2 amide bonds. The molecule has 1 aromatic heterocycles. The van der Waals surface area contributed by atoms with Crippen LogP contribution < -0.4 is 16.4 Å². The van der Waals surface area contributed by atoms with E-state index >= 15 is 0 Å². The highest BCUT2D eigenvalue weighted by Crippen LogP contribution is 2.33. The molecule has 2 heterocycles. The molecule has 0 saturated heterocycles. The van der Waals surface area contributed by atoms with Gasteiger partial charge in [0.05, 0.1) is 5.56 Å². The van der Waals surface area contributed by atoms with Gasteiger partial charge in [0.25, 0.3) is 5.91 Å². The zero-order valence-corrected chi connectivity index (χ0v) is 12.1. The summed E-state index contributed by atoms with van der Waals surface area (Å²) in [7, 11) is 0. The van der Waals surface area contributed by atoms with Crippen LogP contribution in [0.25, 0.3) is 0 Å². The molecule has 5 nitrogen and oxygen atoms in total. The van der Waals surface area contributed by atoms with Gasteiger partial charge < -0.3 is 16.4 Å². The number of rotatable bonds is 4. The second-order valence-electron chi connectivity index (χ2n) is 4.95. The number of nitrogens with one attached hydrogen (secondary N) is 2. The largest absolute Gasteiger partial charge is 0.384 e. The maximum absolute atomic E-state index is 12.2. The summed E-state index contributed by atoms with van der Waals surface area (Å²) in [5.74, 6) is -0.485. The molecule has 1 aliphatic rings. The van der Waals surface area contributed by atoms with Crippen LogP contribution in [-0.2, 0) is 4.79 Å². The number of carbonyl (C=O) groups excluding carboxylic acids is 2. The number of hydrogen-bond donors (Lipinski definition) is 3. The molecular weight excluding hydrogens is 286 g/mol. The molecule has 6 heteroatoms. The van der Waals surface area contributed by atoms with Crippen molar-refractivity contribution >= 4 is 33.8 Å². The molecule has 3 rings (SSSR count). The molecule has 4 N–H and O–H groups in total. The number of carbonyl (C=O) groups is 2. The first kappa shape index (κ1) is 13.6. The van der Waals surface area contributed by atoms with E-state index in [1.165, 1.54) is 11.3 Å². The van der Waals surface area contributed by atoms with Gasteiger partial charge in [-0.15, -0.1) is 11.3 Å². The molecule has 108 valence electrons. The van der Waals surface area contributed by atoms with Gasteiger partial charge in [-0.3, -0.25) is 9.59 Å². The number of hydrogen-bond acceptors (Lipinski definition) is 4. The SMILES string of the molecule is NC(=O)c1ccsc1NC(=O)CC1CNc2ccccc21. The molecular formula is C15H15N3O2S. The van der Waals surface area contributed by atoms with E-state index in [1.54, 1.807) is 11.4 Å². The van der Waals surface area contributed by atoms with Crippen molar-refractivity contribution in [2.45, 2.75) is 12.3 Å². The zero-order valence-electron chi connectivity index (χ0n) is 11.3. The third-order valence-corrected chi connectivity index (χ3v) is 4.38. The van der Waals surface area contributed by atoms with Gasteiger partial charge in [0.15, 0.2) is 0 Å². The molecule has 1 unspecified atom stereocenters. The van der Waals surface area contributed by atoms with Gasteiger partial charge in [-0.1, -0.05) is 18.2 Å². The maximum Gasteiger partial charge on any atom is 0.251 e. The summed E-state index contributed by atoms with van der Waals surface area (Å²) in [6.07, 6.45) is 0.375. The Morgan fingerprint density at radius 2 is 2.14 bits per heavy atom. The van der Waals surface area contributed by atoms with Crippen molar-refractivity contribution in [3.63, 3.8) is 0 Å². The number of benzene rings is 1. The summed E-state index contributed by atoms with van der Waals surface area (Å²) in [6, 6.07) is 9.61. The molecule has 0 fully saturated rings. The number of thiophene rings is 1. The van der Waals surface area contributed by atoms with Crippen LogP contribution in [0.15, 0.2) is 35.7 Å². The van der Waals surface area contributed by atoms with E-state index in [9.17, 15) is 9.59 Å². The van der Waals surface area contributed by atoms with Gasteiger partial charge in [-0.2, -0.15) is 0 Å². The van der Waals surface area contributed by atoms with Gasteiger partial charge in [-0.25, -0.2) is 0 Å². The quantitative estimate of drug-likeness (QED) is 0.810. The summed E-state index contributed by atoms with van der Waals surface area (Å²) in [4.78, 5) is 23.4. The molecule has 0 saturated carbocycles. The number of fused-ring (bicyclic) bond motifs is 1. The first-order valence-electron chi connectivity index (χ1n) is 6.65. The van der Waals surface area contributed by atoms with Crippen molar-refractivity contribution < 1.29 is 9.59 Å². The van der Waals surface area contributed by atoms with E-state index in [-0.39, 0.29) is 11.8 Å². The first-order chi connectivity index (χ1) is 10.1. The Labute approximate surface area is 126 Å². The van der Waals surface area contributed by atoms with Gasteiger partial charge in [0.1, 0.15) is 5.00 Å². The molecule has 0 radical (unpaired) electrons. The fraction of sp³-hybridized carbons (Fsp3) is 0.200. The van der Waals surface area contributed by atoms with Gasteiger partial charge in [0, 0.05) is 24.6 Å². The summed E-state index contributed by atoms with van der Waals surface area (Å²) in [5, 5.41) is 8.33. The van der Waals surface area contributed by atoms with Crippen molar-refractivity contribution in [1.29, 1.82) is 0 Å². The molecule has 1 atom stereocenters. The number of primary amides is 1. The number of anilines is 2. The van der Waals surface area contributed by atoms with E-state index in [0.717, 1.165) is 17.8 Å². The summed E-state index contributed by atoms with van der Waals surface area (Å²) in [5.41, 5.74) is 7.88. The Kier molecular flexibility index (Phi) is 3.62. The van der Waals surface area contributed by atoms with Crippen molar-refractivity contribution in [1.82, 2.24) is 0 Å². The Bertz CT molecular complexity index is 696. The minimum absolute atomic E-state index is 0.108. The predicted octanol–water partition coefficient (Wildman–Crippen LogP) is 2.38. The Morgan fingerprint density at radius 1 is 1.33 bits per heavy atom. The minimum atomic E-state index is -0.528. The van der Waals surface area contributed by atoms with E-state index in [2.05, 4.69) is 10.6 Å². The minimum Gasteiger partial charge on any atom is -0.384 e. The Morgan fingerprint density at radius 3 is 2.95 bits per heavy atom. The monoisotopic (exact) mass is 301 g/mol. The molecule has 1 aromatic carbocycles. The van der Waals surface area contributed by atoms with Gasteiger partial charge in [-0.05, 0) is 23.1 Å². The zero-order chi connectivity index (χ0) is 14.8. The van der Waals surface area contributed by atoms with Crippen LogP contribution in [0, 0.1) is 0 Å². The second-order valence-corrected chi connectivity index (χ2v) is 5.86. The second kappa shape index (κ2) is 5.57.